The first-order chi connectivity index (χ1) is 12.0. The summed E-state index contributed by atoms with van der Waals surface area (Å²) >= 11 is 0. The van der Waals surface area contributed by atoms with Crippen molar-refractivity contribution in [2.45, 2.75) is 6.54 Å². The number of primary amides is 1. The summed E-state index contributed by atoms with van der Waals surface area (Å²) in [6.45, 7) is 0.411. The molecule has 0 saturated carbocycles. The van der Waals surface area contributed by atoms with E-state index in [9.17, 15) is 15.0 Å². The highest BCUT2D eigenvalue weighted by atomic mass is 16.3. The molecule has 0 atom stereocenters. The first-order valence-corrected chi connectivity index (χ1v) is 7.62. The molecule has 0 bridgehead atoms. The summed E-state index contributed by atoms with van der Waals surface area (Å²) in [5, 5.41) is 22.2. The summed E-state index contributed by atoms with van der Waals surface area (Å²) in [7, 11) is 0. The van der Waals surface area contributed by atoms with Gasteiger partial charge < -0.3 is 21.3 Å². The number of amides is 1. The van der Waals surface area contributed by atoms with Crippen LogP contribution in [-0.4, -0.2) is 21.1 Å². The lowest BCUT2D eigenvalue weighted by atomic mass is 10.0. The van der Waals surface area contributed by atoms with Crippen molar-refractivity contribution >= 4 is 11.6 Å². The molecule has 5 N–H and O–H groups in total. The number of pyridine rings is 1. The molecule has 0 fully saturated rings. The number of phenols is 2. The van der Waals surface area contributed by atoms with Gasteiger partial charge in [-0.2, -0.15) is 0 Å². The number of carbonyl (C=O) groups is 1. The van der Waals surface area contributed by atoms with E-state index >= 15 is 0 Å². The Hall–Kier alpha value is -3.54. The molecular formula is C19H17N3O3. The normalized spacial score (nSPS) is 10.4. The van der Waals surface area contributed by atoms with Gasteiger partial charge in [-0.1, -0.05) is 12.1 Å². The van der Waals surface area contributed by atoms with Gasteiger partial charge in [-0.3, -0.25) is 9.78 Å². The topological polar surface area (TPSA) is 108 Å². The van der Waals surface area contributed by atoms with Gasteiger partial charge in [-0.25, -0.2) is 0 Å². The predicted octanol–water partition coefficient (Wildman–Crippen LogP) is 2.87. The summed E-state index contributed by atoms with van der Waals surface area (Å²) < 4.78 is 0. The predicted molar refractivity (Wildman–Crippen MR) is 95.3 cm³/mol. The van der Waals surface area contributed by atoms with Crippen LogP contribution in [-0.2, 0) is 6.54 Å². The van der Waals surface area contributed by atoms with Gasteiger partial charge in [0.15, 0.2) is 0 Å². The Morgan fingerprint density at radius 2 is 1.76 bits per heavy atom. The highest BCUT2D eigenvalue weighted by molar-refractivity contribution is 5.94. The molecule has 0 aliphatic carbocycles. The van der Waals surface area contributed by atoms with Crippen LogP contribution < -0.4 is 11.1 Å². The van der Waals surface area contributed by atoms with E-state index in [2.05, 4.69) is 10.3 Å². The molecule has 25 heavy (non-hydrogen) atoms. The van der Waals surface area contributed by atoms with Gasteiger partial charge in [0.2, 0.25) is 5.91 Å². The third-order valence-electron chi connectivity index (χ3n) is 3.68. The minimum Gasteiger partial charge on any atom is -0.508 e. The minimum atomic E-state index is -0.479. The summed E-state index contributed by atoms with van der Waals surface area (Å²) in [5.74, 6) is -0.466. The first-order valence-electron chi connectivity index (χ1n) is 7.62. The van der Waals surface area contributed by atoms with Crippen molar-refractivity contribution in [1.29, 1.82) is 0 Å². The molecule has 6 heteroatoms. The van der Waals surface area contributed by atoms with Crippen molar-refractivity contribution < 1.29 is 15.0 Å². The first kappa shape index (κ1) is 16.3. The zero-order valence-electron chi connectivity index (χ0n) is 13.3. The number of hydrogen-bond acceptors (Lipinski definition) is 5. The molecule has 3 rings (SSSR count). The van der Waals surface area contributed by atoms with Crippen LogP contribution in [0.15, 0.2) is 60.9 Å². The second kappa shape index (κ2) is 6.92. The molecule has 0 saturated heterocycles. The van der Waals surface area contributed by atoms with Gasteiger partial charge in [0.25, 0.3) is 0 Å². The number of nitrogens with two attached hydrogens (primary N) is 1. The lowest BCUT2D eigenvalue weighted by molar-refractivity contribution is 0.100. The smallest absolute Gasteiger partial charge is 0.248 e. The van der Waals surface area contributed by atoms with E-state index in [0.29, 0.717) is 12.1 Å². The molecule has 1 heterocycles. The second-order valence-corrected chi connectivity index (χ2v) is 5.62. The minimum absolute atomic E-state index is 0.00643. The maximum atomic E-state index is 11.3. The molecule has 6 nitrogen and oxygen atoms in total. The number of phenolic OH excluding ortho intramolecular Hbond substituents is 2. The van der Waals surface area contributed by atoms with E-state index in [1.165, 1.54) is 6.07 Å². The summed E-state index contributed by atoms with van der Waals surface area (Å²) in [5.41, 5.74) is 8.93. The number of aromatic hydroxyl groups is 2. The van der Waals surface area contributed by atoms with Crippen molar-refractivity contribution in [3.8, 4) is 22.6 Å². The largest absolute Gasteiger partial charge is 0.508 e. The maximum absolute atomic E-state index is 11.3. The van der Waals surface area contributed by atoms with Gasteiger partial charge >= 0.3 is 0 Å². The molecule has 0 radical (unpaired) electrons. The van der Waals surface area contributed by atoms with Crippen LogP contribution in [0.3, 0.4) is 0 Å². The highest BCUT2D eigenvalue weighted by Crippen LogP contribution is 2.24. The van der Waals surface area contributed by atoms with Gasteiger partial charge in [-0.15, -0.1) is 0 Å². The lowest BCUT2D eigenvalue weighted by Crippen LogP contribution is -2.10. The van der Waals surface area contributed by atoms with Crippen LogP contribution in [0, 0.1) is 0 Å². The fraction of sp³-hybridized carbons (Fsp3) is 0.0526. The Balaban J connectivity index is 1.79. The number of hydrogen-bond donors (Lipinski definition) is 4. The molecule has 0 spiro atoms. The Morgan fingerprint density at radius 1 is 1.00 bits per heavy atom. The van der Waals surface area contributed by atoms with Crippen LogP contribution in [0.1, 0.15) is 15.9 Å². The summed E-state index contributed by atoms with van der Waals surface area (Å²) in [6, 6.07) is 13.3. The Morgan fingerprint density at radius 3 is 2.48 bits per heavy atom. The van der Waals surface area contributed by atoms with E-state index in [1.54, 1.807) is 42.7 Å². The number of anilines is 1. The molecule has 1 aromatic heterocycles. The highest BCUT2D eigenvalue weighted by Gasteiger charge is 2.05. The van der Waals surface area contributed by atoms with E-state index in [1.807, 2.05) is 12.1 Å². The molecule has 2 aromatic carbocycles. The van der Waals surface area contributed by atoms with Crippen molar-refractivity contribution in [3.05, 3.63) is 72.1 Å². The quantitative estimate of drug-likeness (QED) is 0.573. The van der Waals surface area contributed by atoms with Crippen molar-refractivity contribution in [2.24, 2.45) is 5.73 Å². The number of nitrogens with zero attached hydrogens (tertiary/aromatic N) is 1. The van der Waals surface area contributed by atoms with Crippen LogP contribution in [0.5, 0.6) is 11.5 Å². The van der Waals surface area contributed by atoms with Crippen molar-refractivity contribution in [1.82, 2.24) is 4.98 Å². The number of nitrogens with one attached hydrogen (secondary N) is 1. The molecular weight excluding hydrogens is 318 g/mol. The monoisotopic (exact) mass is 335 g/mol. The number of rotatable bonds is 5. The average Bonchev–Trinajstić information content (AvgIpc) is 2.59. The third kappa shape index (κ3) is 4.06. The summed E-state index contributed by atoms with van der Waals surface area (Å²) in [4.78, 5) is 15.5. The van der Waals surface area contributed by atoms with Crippen molar-refractivity contribution in [2.75, 3.05) is 5.32 Å². The van der Waals surface area contributed by atoms with Gasteiger partial charge in [0.1, 0.15) is 11.5 Å². The molecule has 126 valence electrons. The van der Waals surface area contributed by atoms with Crippen LogP contribution in [0.4, 0.5) is 5.69 Å². The number of carbonyl (C=O) groups excluding carboxylic acids is 1. The fourth-order valence-corrected chi connectivity index (χ4v) is 2.51. The zero-order chi connectivity index (χ0) is 17.8. The fourth-order valence-electron chi connectivity index (χ4n) is 2.51. The van der Waals surface area contributed by atoms with Crippen LogP contribution in [0.25, 0.3) is 11.1 Å². The van der Waals surface area contributed by atoms with E-state index in [0.717, 1.165) is 22.4 Å². The number of aromatic nitrogens is 1. The lowest BCUT2D eigenvalue weighted by Gasteiger charge is -2.09. The average molecular weight is 335 g/mol. The molecule has 0 aliphatic heterocycles. The van der Waals surface area contributed by atoms with Gasteiger partial charge in [-0.05, 0) is 41.5 Å². The maximum Gasteiger partial charge on any atom is 0.248 e. The van der Waals surface area contributed by atoms with E-state index in [4.69, 9.17) is 5.73 Å². The molecule has 3 aromatic rings. The van der Waals surface area contributed by atoms with Gasteiger partial charge in [0.05, 0.1) is 5.69 Å². The molecule has 0 unspecified atom stereocenters. The van der Waals surface area contributed by atoms with E-state index < -0.39 is 5.91 Å². The molecule has 0 aliphatic rings. The van der Waals surface area contributed by atoms with Crippen molar-refractivity contribution in [3.63, 3.8) is 0 Å². The molecule has 1 amide bonds. The third-order valence-corrected chi connectivity index (χ3v) is 3.68. The Labute approximate surface area is 144 Å². The van der Waals surface area contributed by atoms with E-state index in [-0.39, 0.29) is 11.5 Å². The SMILES string of the molecule is NC(=O)c1cccc(-c2cncc(NCc3cc(O)cc(O)c3)c2)c1. The Kier molecular flexibility index (Phi) is 4.52. The zero-order valence-corrected chi connectivity index (χ0v) is 13.3. The standard InChI is InChI=1S/C19H17N3O3/c20-19(25)14-3-1-2-13(6-14)15-7-16(11-21-10-15)22-9-12-4-17(23)8-18(24)5-12/h1-8,10-11,22-24H,9H2,(H2,20,25). The number of benzene rings is 2. The summed E-state index contributed by atoms with van der Waals surface area (Å²) in [6.07, 6.45) is 3.37. The van der Waals surface area contributed by atoms with Crippen LogP contribution in [0.2, 0.25) is 0 Å². The second-order valence-electron chi connectivity index (χ2n) is 5.62. The van der Waals surface area contributed by atoms with Crippen LogP contribution >= 0.6 is 0 Å². The van der Waals surface area contributed by atoms with Gasteiger partial charge in [0, 0.05) is 36.1 Å². The Bertz CT molecular complexity index is 905.